The normalized spacial score (nSPS) is 29.1. The summed E-state index contributed by atoms with van der Waals surface area (Å²) in [4.78, 5) is 0. The molecule has 0 amide bonds. The summed E-state index contributed by atoms with van der Waals surface area (Å²) in [7, 11) is 0. The van der Waals surface area contributed by atoms with Crippen LogP contribution in [0, 0.1) is 5.92 Å². The van der Waals surface area contributed by atoms with Gasteiger partial charge in [-0.05, 0) is 44.1 Å². The molecule has 1 fully saturated rings. The van der Waals surface area contributed by atoms with Gasteiger partial charge in [-0.15, -0.1) is 0 Å². The van der Waals surface area contributed by atoms with E-state index in [0.717, 1.165) is 31.6 Å². The molecule has 106 valence electrons. The summed E-state index contributed by atoms with van der Waals surface area (Å²) in [5, 5.41) is 10.7. The van der Waals surface area contributed by atoms with Gasteiger partial charge < -0.3 is 9.84 Å². The molecule has 1 saturated carbocycles. The molecule has 0 radical (unpaired) electrons. The maximum Gasteiger partial charge on any atom is 0.0943 e. The fourth-order valence-electron chi connectivity index (χ4n) is 3.14. The number of rotatable bonds is 5. The highest BCUT2D eigenvalue weighted by Crippen LogP contribution is 2.38. The van der Waals surface area contributed by atoms with Crippen LogP contribution < -0.4 is 0 Å². The van der Waals surface area contributed by atoms with E-state index in [1.165, 1.54) is 5.56 Å². The smallest absolute Gasteiger partial charge is 0.0943 e. The first-order chi connectivity index (χ1) is 9.16. The molecule has 2 heteroatoms. The Hall–Kier alpha value is -0.860. The van der Waals surface area contributed by atoms with Crippen LogP contribution in [0.4, 0.5) is 0 Å². The van der Waals surface area contributed by atoms with E-state index in [9.17, 15) is 5.11 Å². The molecule has 1 unspecified atom stereocenters. The molecule has 1 N–H and O–H groups in total. The van der Waals surface area contributed by atoms with E-state index in [2.05, 4.69) is 19.1 Å². The largest absolute Gasteiger partial charge is 0.390 e. The van der Waals surface area contributed by atoms with Gasteiger partial charge in [0, 0.05) is 13.0 Å². The lowest BCUT2D eigenvalue weighted by Gasteiger charge is -2.42. The van der Waals surface area contributed by atoms with Crippen molar-refractivity contribution in [1.29, 1.82) is 0 Å². The van der Waals surface area contributed by atoms with Crippen molar-refractivity contribution in [2.45, 2.75) is 57.7 Å². The van der Waals surface area contributed by atoms with Crippen LogP contribution in [0.25, 0.3) is 0 Å². The van der Waals surface area contributed by atoms with Crippen molar-refractivity contribution in [1.82, 2.24) is 0 Å². The van der Waals surface area contributed by atoms with E-state index in [4.69, 9.17) is 4.74 Å². The van der Waals surface area contributed by atoms with Crippen LogP contribution in [0.2, 0.25) is 0 Å². The second-order valence-corrected chi connectivity index (χ2v) is 5.89. The van der Waals surface area contributed by atoms with Crippen LogP contribution in [0.5, 0.6) is 0 Å². The predicted molar refractivity (Wildman–Crippen MR) is 78.1 cm³/mol. The first kappa shape index (κ1) is 14.5. The third kappa shape index (κ3) is 3.58. The summed E-state index contributed by atoms with van der Waals surface area (Å²) in [6, 6.07) is 10.2. The number of benzene rings is 1. The van der Waals surface area contributed by atoms with Crippen molar-refractivity contribution < 1.29 is 9.84 Å². The molecule has 2 nitrogen and oxygen atoms in total. The van der Waals surface area contributed by atoms with Gasteiger partial charge in [-0.2, -0.15) is 0 Å². The zero-order valence-corrected chi connectivity index (χ0v) is 12.1. The van der Waals surface area contributed by atoms with Gasteiger partial charge in [0.25, 0.3) is 0 Å². The zero-order valence-electron chi connectivity index (χ0n) is 12.1. The van der Waals surface area contributed by atoms with Crippen LogP contribution in [0.3, 0.4) is 0 Å². The van der Waals surface area contributed by atoms with Gasteiger partial charge in [-0.25, -0.2) is 0 Å². The Morgan fingerprint density at radius 2 is 1.89 bits per heavy atom. The second kappa shape index (κ2) is 6.53. The SMILES string of the molecule is CCOC1(C(O)Cc2ccccc2)CCC(C)CC1. The highest BCUT2D eigenvalue weighted by Gasteiger charge is 2.41. The molecule has 1 aliphatic carbocycles. The van der Waals surface area contributed by atoms with Gasteiger partial charge in [-0.3, -0.25) is 0 Å². The minimum atomic E-state index is -0.401. The summed E-state index contributed by atoms with van der Waals surface area (Å²) in [5.74, 6) is 0.762. The quantitative estimate of drug-likeness (QED) is 0.879. The van der Waals surface area contributed by atoms with Crippen LogP contribution in [-0.4, -0.2) is 23.4 Å². The molecule has 19 heavy (non-hydrogen) atoms. The Morgan fingerprint density at radius 3 is 2.47 bits per heavy atom. The second-order valence-electron chi connectivity index (χ2n) is 5.89. The van der Waals surface area contributed by atoms with E-state index in [-0.39, 0.29) is 5.60 Å². The van der Waals surface area contributed by atoms with Crippen molar-refractivity contribution in [3.8, 4) is 0 Å². The average molecular weight is 262 g/mol. The first-order valence-corrected chi connectivity index (χ1v) is 7.52. The molecule has 1 aromatic carbocycles. The van der Waals surface area contributed by atoms with Crippen LogP contribution in [0.15, 0.2) is 30.3 Å². The fourth-order valence-corrected chi connectivity index (χ4v) is 3.14. The molecular formula is C17H26O2. The fraction of sp³-hybridized carbons (Fsp3) is 0.647. The van der Waals surface area contributed by atoms with Crippen LogP contribution in [-0.2, 0) is 11.2 Å². The van der Waals surface area contributed by atoms with E-state index >= 15 is 0 Å². The molecule has 0 spiro atoms. The Bertz CT molecular complexity index is 366. The van der Waals surface area contributed by atoms with Gasteiger partial charge >= 0.3 is 0 Å². The lowest BCUT2D eigenvalue weighted by atomic mass is 9.75. The number of hydrogen-bond donors (Lipinski definition) is 1. The number of hydrogen-bond acceptors (Lipinski definition) is 2. The molecule has 2 rings (SSSR count). The van der Waals surface area contributed by atoms with Crippen molar-refractivity contribution in [2.24, 2.45) is 5.92 Å². The van der Waals surface area contributed by atoms with E-state index in [1.807, 2.05) is 25.1 Å². The lowest BCUT2D eigenvalue weighted by molar-refractivity contribution is -0.143. The summed E-state index contributed by atoms with van der Waals surface area (Å²) >= 11 is 0. The summed E-state index contributed by atoms with van der Waals surface area (Å²) < 4.78 is 6.00. The predicted octanol–water partition coefficient (Wildman–Crippen LogP) is 3.58. The van der Waals surface area contributed by atoms with Crippen molar-refractivity contribution >= 4 is 0 Å². The summed E-state index contributed by atoms with van der Waals surface area (Å²) in [5.41, 5.74) is 0.865. The Balaban J connectivity index is 2.06. The van der Waals surface area contributed by atoms with E-state index in [0.29, 0.717) is 13.0 Å². The monoisotopic (exact) mass is 262 g/mol. The molecule has 1 aromatic rings. The minimum absolute atomic E-state index is 0.322. The topological polar surface area (TPSA) is 29.5 Å². The first-order valence-electron chi connectivity index (χ1n) is 7.52. The van der Waals surface area contributed by atoms with Crippen LogP contribution >= 0.6 is 0 Å². The third-order valence-electron chi connectivity index (χ3n) is 4.43. The van der Waals surface area contributed by atoms with Gasteiger partial charge in [0.15, 0.2) is 0 Å². The van der Waals surface area contributed by atoms with Crippen molar-refractivity contribution in [3.63, 3.8) is 0 Å². The maximum absolute atomic E-state index is 10.7. The van der Waals surface area contributed by atoms with Gasteiger partial charge in [0.1, 0.15) is 0 Å². The van der Waals surface area contributed by atoms with Gasteiger partial charge in [-0.1, -0.05) is 37.3 Å². The third-order valence-corrected chi connectivity index (χ3v) is 4.43. The minimum Gasteiger partial charge on any atom is -0.390 e. The Morgan fingerprint density at radius 1 is 1.26 bits per heavy atom. The van der Waals surface area contributed by atoms with Crippen LogP contribution in [0.1, 0.15) is 45.1 Å². The maximum atomic E-state index is 10.7. The lowest BCUT2D eigenvalue weighted by Crippen LogP contribution is -2.48. The number of aliphatic hydroxyl groups is 1. The Labute approximate surface area is 116 Å². The number of aliphatic hydroxyl groups excluding tert-OH is 1. The van der Waals surface area contributed by atoms with E-state index in [1.54, 1.807) is 0 Å². The molecule has 1 atom stereocenters. The molecule has 0 aliphatic heterocycles. The molecule has 0 aromatic heterocycles. The zero-order chi connectivity index (χ0) is 13.7. The average Bonchev–Trinajstić information content (AvgIpc) is 2.43. The molecule has 0 bridgehead atoms. The molecule has 0 saturated heterocycles. The number of ether oxygens (including phenoxy) is 1. The highest BCUT2D eigenvalue weighted by atomic mass is 16.5. The van der Waals surface area contributed by atoms with Crippen molar-refractivity contribution in [2.75, 3.05) is 6.61 Å². The van der Waals surface area contributed by atoms with Gasteiger partial charge in [0.05, 0.1) is 11.7 Å². The summed E-state index contributed by atoms with van der Waals surface area (Å²) in [6.07, 6.45) is 4.57. The summed E-state index contributed by atoms with van der Waals surface area (Å²) in [6.45, 7) is 4.99. The highest BCUT2D eigenvalue weighted by molar-refractivity contribution is 5.16. The molecule has 1 aliphatic rings. The standard InChI is InChI=1S/C17H26O2/c1-3-19-17(11-9-14(2)10-12-17)16(18)13-15-7-5-4-6-8-15/h4-8,14,16,18H,3,9-13H2,1-2H3. The van der Waals surface area contributed by atoms with E-state index < -0.39 is 6.10 Å². The van der Waals surface area contributed by atoms with Gasteiger partial charge in [0.2, 0.25) is 0 Å². The van der Waals surface area contributed by atoms with Crippen molar-refractivity contribution in [3.05, 3.63) is 35.9 Å². The Kier molecular flexibility index (Phi) is 5.00. The molecular weight excluding hydrogens is 236 g/mol. The molecule has 0 heterocycles.